The molecule has 0 bridgehead atoms. The molecule has 1 aromatic rings. The monoisotopic (exact) mass is 255 g/mol. The van der Waals surface area contributed by atoms with Crippen LogP contribution in [0.1, 0.15) is 38.7 Å². The number of nitrogens with one attached hydrogen (secondary N) is 1. The minimum atomic E-state index is -3.13. The van der Waals surface area contributed by atoms with E-state index < -0.39 is 10.0 Å². The molecule has 0 aliphatic heterocycles. The maximum atomic E-state index is 11.5. The van der Waals surface area contributed by atoms with Gasteiger partial charge in [0.05, 0.1) is 5.25 Å². The lowest BCUT2D eigenvalue weighted by molar-refractivity contribution is 0.564. The van der Waals surface area contributed by atoms with Gasteiger partial charge in [0.1, 0.15) is 0 Å². The molecule has 1 aromatic carbocycles. The second-order valence-corrected chi connectivity index (χ2v) is 6.91. The Bertz CT molecular complexity index is 426. The van der Waals surface area contributed by atoms with Gasteiger partial charge in [0.2, 0.25) is 10.0 Å². The third kappa shape index (κ3) is 4.48. The van der Waals surface area contributed by atoms with Gasteiger partial charge in [-0.2, -0.15) is 0 Å². The summed E-state index contributed by atoms with van der Waals surface area (Å²) in [6, 6.07) is 10.1. The highest BCUT2D eigenvalue weighted by Crippen LogP contribution is 2.17. The minimum Gasteiger partial charge on any atom is -0.215 e. The summed E-state index contributed by atoms with van der Waals surface area (Å²) < 4.78 is 25.7. The molecule has 17 heavy (non-hydrogen) atoms. The highest BCUT2D eigenvalue weighted by molar-refractivity contribution is 7.90. The number of rotatable bonds is 6. The molecular weight excluding hydrogens is 234 g/mol. The van der Waals surface area contributed by atoms with Crippen LogP contribution < -0.4 is 4.72 Å². The summed E-state index contributed by atoms with van der Waals surface area (Å²) in [7, 11) is -3.13. The SMILES string of the molecule is CC(CCNS(=O)(=O)C(C)C)c1ccccc1. The molecule has 0 aromatic heterocycles. The quantitative estimate of drug-likeness (QED) is 0.849. The number of benzene rings is 1. The van der Waals surface area contributed by atoms with Crippen molar-refractivity contribution in [3.05, 3.63) is 35.9 Å². The highest BCUT2D eigenvalue weighted by Gasteiger charge is 2.15. The van der Waals surface area contributed by atoms with Gasteiger partial charge in [-0.05, 0) is 31.7 Å². The lowest BCUT2D eigenvalue weighted by Gasteiger charge is -2.13. The first-order chi connectivity index (χ1) is 7.93. The fourth-order valence-electron chi connectivity index (χ4n) is 1.53. The fourth-order valence-corrected chi connectivity index (χ4v) is 2.27. The molecule has 3 nitrogen and oxygen atoms in total. The predicted octanol–water partition coefficient (Wildman–Crippen LogP) is 2.51. The van der Waals surface area contributed by atoms with Gasteiger partial charge in [0.15, 0.2) is 0 Å². The summed E-state index contributed by atoms with van der Waals surface area (Å²) in [6.45, 7) is 5.97. The van der Waals surface area contributed by atoms with Crippen LogP contribution in [0.15, 0.2) is 30.3 Å². The normalized spacial score (nSPS) is 13.9. The molecule has 1 rings (SSSR count). The maximum Gasteiger partial charge on any atom is 0.213 e. The van der Waals surface area contributed by atoms with E-state index in [1.807, 2.05) is 18.2 Å². The molecule has 0 saturated heterocycles. The Morgan fingerprint density at radius 1 is 1.12 bits per heavy atom. The van der Waals surface area contributed by atoms with Crippen LogP contribution in [0, 0.1) is 0 Å². The first-order valence-corrected chi connectivity index (χ1v) is 7.51. The Hall–Kier alpha value is -0.870. The van der Waals surface area contributed by atoms with Crippen LogP contribution in [-0.2, 0) is 10.0 Å². The zero-order chi connectivity index (χ0) is 12.9. The molecule has 0 radical (unpaired) electrons. The fraction of sp³-hybridized carbons (Fsp3) is 0.538. The molecule has 4 heteroatoms. The van der Waals surface area contributed by atoms with Crippen molar-refractivity contribution in [1.29, 1.82) is 0 Å². The van der Waals surface area contributed by atoms with Crippen molar-refractivity contribution in [2.75, 3.05) is 6.54 Å². The first kappa shape index (κ1) is 14.2. The van der Waals surface area contributed by atoms with Gasteiger partial charge in [0, 0.05) is 6.54 Å². The van der Waals surface area contributed by atoms with Crippen LogP contribution in [0.2, 0.25) is 0 Å². The van der Waals surface area contributed by atoms with Crippen molar-refractivity contribution in [2.24, 2.45) is 0 Å². The molecule has 0 spiro atoms. The van der Waals surface area contributed by atoms with Gasteiger partial charge in [-0.25, -0.2) is 13.1 Å². The predicted molar refractivity (Wildman–Crippen MR) is 71.5 cm³/mol. The van der Waals surface area contributed by atoms with Crippen molar-refractivity contribution in [2.45, 2.75) is 38.4 Å². The van der Waals surface area contributed by atoms with Crippen molar-refractivity contribution in [1.82, 2.24) is 4.72 Å². The maximum absolute atomic E-state index is 11.5. The average Bonchev–Trinajstić information content (AvgIpc) is 2.29. The largest absolute Gasteiger partial charge is 0.215 e. The smallest absolute Gasteiger partial charge is 0.213 e. The topological polar surface area (TPSA) is 46.2 Å². The lowest BCUT2D eigenvalue weighted by Crippen LogP contribution is -2.31. The van der Waals surface area contributed by atoms with Gasteiger partial charge in [-0.3, -0.25) is 0 Å². The molecule has 0 amide bonds. The zero-order valence-electron chi connectivity index (χ0n) is 10.7. The van der Waals surface area contributed by atoms with E-state index in [0.717, 1.165) is 6.42 Å². The highest BCUT2D eigenvalue weighted by atomic mass is 32.2. The summed E-state index contributed by atoms with van der Waals surface area (Å²) in [5.41, 5.74) is 1.25. The molecular formula is C13H21NO2S. The molecule has 96 valence electrons. The van der Waals surface area contributed by atoms with E-state index in [9.17, 15) is 8.42 Å². The minimum absolute atomic E-state index is 0.366. The third-order valence-corrected chi connectivity index (χ3v) is 4.72. The van der Waals surface area contributed by atoms with E-state index in [0.29, 0.717) is 12.5 Å². The number of hydrogen-bond donors (Lipinski definition) is 1. The van der Waals surface area contributed by atoms with Crippen molar-refractivity contribution < 1.29 is 8.42 Å². The van der Waals surface area contributed by atoms with E-state index in [1.54, 1.807) is 13.8 Å². The second kappa shape index (κ2) is 6.17. The molecule has 1 unspecified atom stereocenters. The third-order valence-electron chi connectivity index (χ3n) is 2.87. The summed E-state index contributed by atoms with van der Waals surface area (Å²) in [6.07, 6.45) is 0.815. The Kier molecular flexibility index (Phi) is 5.15. The van der Waals surface area contributed by atoms with Gasteiger partial charge in [-0.1, -0.05) is 37.3 Å². The molecule has 1 N–H and O–H groups in total. The van der Waals surface area contributed by atoms with E-state index in [-0.39, 0.29) is 5.25 Å². The first-order valence-electron chi connectivity index (χ1n) is 5.97. The van der Waals surface area contributed by atoms with Gasteiger partial charge >= 0.3 is 0 Å². The van der Waals surface area contributed by atoms with E-state index in [1.165, 1.54) is 5.56 Å². The molecule has 0 saturated carbocycles. The van der Waals surface area contributed by atoms with Crippen LogP contribution in [0.4, 0.5) is 0 Å². The van der Waals surface area contributed by atoms with Crippen LogP contribution in [0.25, 0.3) is 0 Å². The standard InChI is InChI=1S/C13H21NO2S/c1-11(2)17(15,16)14-10-9-12(3)13-7-5-4-6-8-13/h4-8,11-12,14H,9-10H2,1-3H3. The van der Waals surface area contributed by atoms with Crippen molar-refractivity contribution >= 4 is 10.0 Å². The Labute approximate surface area is 104 Å². The Morgan fingerprint density at radius 3 is 2.24 bits per heavy atom. The zero-order valence-corrected chi connectivity index (χ0v) is 11.5. The number of hydrogen-bond acceptors (Lipinski definition) is 2. The lowest BCUT2D eigenvalue weighted by atomic mass is 9.98. The van der Waals surface area contributed by atoms with Crippen LogP contribution in [0.3, 0.4) is 0 Å². The van der Waals surface area contributed by atoms with Crippen molar-refractivity contribution in [3.8, 4) is 0 Å². The van der Waals surface area contributed by atoms with E-state index in [4.69, 9.17) is 0 Å². The van der Waals surface area contributed by atoms with Crippen LogP contribution in [-0.4, -0.2) is 20.2 Å². The molecule has 0 aliphatic rings. The molecule has 1 atom stereocenters. The summed E-state index contributed by atoms with van der Waals surface area (Å²) in [4.78, 5) is 0. The second-order valence-electron chi connectivity index (χ2n) is 4.59. The molecule has 0 aliphatic carbocycles. The van der Waals surface area contributed by atoms with Gasteiger partial charge in [0.25, 0.3) is 0 Å². The average molecular weight is 255 g/mol. The molecule has 0 heterocycles. The van der Waals surface area contributed by atoms with Gasteiger partial charge in [-0.15, -0.1) is 0 Å². The Balaban J connectivity index is 2.43. The van der Waals surface area contributed by atoms with Crippen molar-refractivity contribution in [3.63, 3.8) is 0 Å². The van der Waals surface area contributed by atoms with E-state index >= 15 is 0 Å². The Morgan fingerprint density at radius 2 is 1.71 bits per heavy atom. The van der Waals surface area contributed by atoms with Crippen LogP contribution >= 0.6 is 0 Å². The van der Waals surface area contributed by atoms with Crippen LogP contribution in [0.5, 0.6) is 0 Å². The van der Waals surface area contributed by atoms with Gasteiger partial charge < -0.3 is 0 Å². The molecule has 0 fully saturated rings. The number of sulfonamides is 1. The van der Waals surface area contributed by atoms with E-state index in [2.05, 4.69) is 23.8 Å². The summed E-state index contributed by atoms with van der Waals surface area (Å²) in [5.74, 6) is 0.367. The summed E-state index contributed by atoms with van der Waals surface area (Å²) >= 11 is 0. The summed E-state index contributed by atoms with van der Waals surface area (Å²) in [5, 5.41) is -0.366.